The molecule has 9 heterocycles. The molecule has 11 rings (SSSR count). The smallest absolute Gasteiger partial charge is 0.410 e. The lowest BCUT2D eigenvalue weighted by Gasteiger charge is -2.42. The number of benzene rings is 2. The molecule has 3 aromatic heterocycles. The van der Waals surface area contributed by atoms with Gasteiger partial charge in [-0.25, -0.2) is 9.59 Å². The Balaban J connectivity index is 0.000000154. The van der Waals surface area contributed by atoms with E-state index in [1.807, 2.05) is 70.7 Å². The second kappa shape index (κ2) is 29.4. The zero-order valence-corrected chi connectivity index (χ0v) is 51.6. The van der Waals surface area contributed by atoms with E-state index in [1.165, 1.54) is 17.5 Å². The van der Waals surface area contributed by atoms with E-state index < -0.39 is 11.2 Å². The Bertz CT molecular complexity index is 2930. The minimum atomic E-state index is -0.560. The third-order valence-electron chi connectivity index (χ3n) is 15.9. The fourth-order valence-corrected chi connectivity index (χ4v) is 11.5. The molecule has 0 aliphatic carbocycles. The highest BCUT2D eigenvalue weighted by Crippen LogP contribution is 2.34. The van der Waals surface area contributed by atoms with Crippen LogP contribution in [0.2, 0.25) is 0 Å². The fraction of sp³-hybridized carbons (Fsp3) is 0.561. The van der Waals surface area contributed by atoms with Crippen molar-refractivity contribution >= 4 is 12.2 Å². The number of rotatable bonds is 13. The number of likely N-dealkylation sites (tertiary alicyclic amines) is 2. The van der Waals surface area contributed by atoms with Crippen LogP contribution in [0.25, 0.3) is 0 Å². The van der Waals surface area contributed by atoms with Gasteiger partial charge in [0.2, 0.25) is 0 Å². The number of hydrogen-bond donors (Lipinski definition) is 2. The molecular formula is C66H91N9O10. The molecule has 6 atom stereocenters. The van der Waals surface area contributed by atoms with E-state index in [4.69, 9.17) is 37.9 Å². The Morgan fingerprint density at radius 3 is 1.40 bits per heavy atom. The number of pyridine rings is 3. The van der Waals surface area contributed by atoms with Crippen molar-refractivity contribution in [2.45, 2.75) is 181 Å². The maximum atomic E-state index is 13.2. The molecule has 0 saturated carbocycles. The zero-order valence-electron chi connectivity index (χ0n) is 51.6. The summed E-state index contributed by atoms with van der Waals surface area (Å²) in [7, 11) is 0. The average molecular weight is 1170 g/mol. The molecular weight excluding hydrogens is 1080 g/mol. The molecule has 2 amide bonds. The topological polar surface area (TPSA) is 184 Å². The lowest BCUT2D eigenvalue weighted by atomic mass is 9.96. The summed E-state index contributed by atoms with van der Waals surface area (Å²) >= 11 is 0. The van der Waals surface area contributed by atoms with Crippen LogP contribution < -0.4 is 39.1 Å². The fourth-order valence-electron chi connectivity index (χ4n) is 11.5. The summed E-state index contributed by atoms with van der Waals surface area (Å²) in [6.07, 6.45) is 10.4. The van der Waals surface area contributed by atoms with Crippen molar-refractivity contribution in [2.75, 3.05) is 59.3 Å². The van der Waals surface area contributed by atoms with E-state index >= 15 is 0 Å². The highest BCUT2D eigenvalue weighted by Gasteiger charge is 2.36. The Labute approximate surface area is 503 Å². The van der Waals surface area contributed by atoms with E-state index in [-0.39, 0.29) is 24.3 Å². The summed E-state index contributed by atoms with van der Waals surface area (Å²) < 4.78 is 45.1. The molecule has 3 saturated heterocycles. The third-order valence-corrected chi connectivity index (χ3v) is 15.9. The summed E-state index contributed by atoms with van der Waals surface area (Å²) in [5.41, 5.74) is 4.16. The van der Waals surface area contributed by atoms with E-state index in [9.17, 15) is 9.59 Å². The first-order valence-electron chi connectivity index (χ1n) is 30.6. The molecule has 19 heteroatoms. The van der Waals surface area contributed by atoms with Crippen molar-refractivity contribution in [3.63, 3.8) is 0 Å². The van der Waals surface area contributed by atoms with E-state index in [2.05, 4.69) is 111 Å². The van der Waals surface area contributed by atoms with Crippen molar-refractivity contribution in [2.24, 2.45) is 0 Å². The Morgan fingerprint density at radius 1 is 0.553 bits per heavy atom. The quantitative estimate of drug-likeness (QED) is 0.113. The number of aromatic nitrogens is 3. The molecule has 85 heavy (non-hydrogen) atoms. The number of nitrogens with one attached hydrogen (secondary N) is 2. The number of ether oxygens (including phenoxy) is 8. The first kappa shape index (κ1) is 62.6. The van der Waals surface area contributed by atoms with Gasteiger partial charge in [-0.15, -0.1) is 0 Å². The molecule has 6 aliphatic rings. The van der Waals surface area contributed by atoms with Gasteiger partial charge in [0, 0.05) is 87.2 Å². The molecule has 6 unspecified atom stereocenters. The molecule has 0 spiro atoms. The lowest BCUT2D eigenvalue weighted by molar-refractivity contribution is -0.000843. The first-order valence-corrected chi connectivity index (χ1v) is 30.6. The number of hydrogen-bond acceptors (Lipinski definition) is 17. The van der Waals surface area contributed by atoms with Gasteiger partial charge in [0.25, 0.3) is 0 Å². The number of carbonyl (C=O) groups is 2. The number of nitrogens with zero attached hydrogens (tertiary/aromatic N) is 7. The monoisotopic (exact) mass is 1170 g/mol. The van der Waals surface area contributed by atoms with Crippen LogP contribution in [0.3, 0.4) is 0 Å². The Hall–Kier alpha value is -6.93. The minimum absolute atomic E-state index is 0.0804. The first-order chi connectivity index (χ1) is 40.9. The zero-order chi connectivity index (χ0) is 59.9. The molecule has 0 radical (unpaired) electrons. The van der Waals surface area contributed by atoms with Crippen LogP contribution in [0.5, 0.6) is 34.5 Å². The summed E-state index contributed by atoms with van der Waals surface area (Å²) in [4.78, 5) is 48.3. The summed E-state index contributed by atoms with van der Waals surface area (Å²) in [6.45, 7) is 27.8. The van der Waals surface area contributed by atoms with E-state index in [0.29, 0.717) is 99.9 Å². The van der Waals surface area contributed by atoms with Gasteiger partial charge in [0.05, 0.1) is 48.8 Å². The van der Waals surface area contributed by atoms with Crippen LogP contribution in [0.1, 0.15) is 129 Å². The van der Waals surface area contributed by atoms with Gasteiger partial charge in [0.15, 0.2) is 34.5 Å². The van der Waals surface area contributed by atoms with E-state index in [0.717, 1.165) is 100.0 Å². The van der Waals surface area contributed by atoms with Gasteiger partial charge < -0.3 is 48.5 Å². The summed E-state index contributed by atoms with van der Waals surface area (Å²) in [5.74, 6) is 4.23. The number of carbonyl (C=O) groups excluding carboxylic acids is 2. The van der Waals surface area contributed by atoms with Gasteiger partial charge >= 0.3 is 12.2 Å². The molecule has 5 aromatic rings. The van der Waals surface area contributed by atoms with Crippen LogP contribution in [-0.2, 0) is 42.2 Å². The molecule has 2 N–H and O–H groups in total. The number of fused-ring (bicyclic) bond motifs is 3. The highest BCUT2D eigenvalue weighted by molar-refractivity contribution is 5.69. The van der Waals surface area contributed by atoms with Gasteiger partial charge in [-0.2, -0.15) is 0 Å². The number of piperidine rings is 3. The van der Waals surface area contributed by atoms with Crippen LogP contribution in [-0.4, -0.2) is 153 Å². The number of amides is 2. The molecule has 6 aliphatic heterocycles. The van der Waals surface area contributed by atoms with Gasteiger partial charge in [0.1, 0.15) is 50.8 Å². The van der Waals surface area contributed by atoms with Gasteiger partial charge in [-0.3, -0.25) is 34.6 Å². The maximum Gasteiger partial charge on any atom is 0.410 e. The van der Waals surface area contributed by atoms with Crippen molar-refractivity contribution in [1.29, 1.82) is 0 Å². The predicted molar refractivity (Wildman–Crippen MR) is 325 cm³/mol. The molecule has 0 bridgehead atoms. The molecule has 460 valence electrons. The van der Waals surface area contributed by atoms with Gasteiger partial charge in [-0.1, -0.05) is 60.7 Å². The van der Waals surface area contributed by atoms with E-state index in [1.54, 1.807) is 23.5 Å². The average Bonchev–Trinajstić information content (AvgIpc) is 3.69. The van der Waals surface area contributed by atoms with Crippen LogP contribution in [0, 0.1) is 0 Å². The van der Waals surface area contributed by atoms with Crippen molar-refractivity contribution < 1.29 is 47.5 Å². The maximum absolute atomic E-state index is 13.2. The normalized spacial score (nSPS) is 22.0. The second-order valence-electron chi connectivity index (χ2n) is 25.1. The molecule has 19 nitrogen and oxygen atoms in total. The third kappa shape index (κ3) is 18.8. The Kier molecular flexibility index (Phi) is 21.7. The van der Waals surface area contributed by atoms with Crippen molar-refractivity contribution in [1.82, 2.24) is 45.2 Å². The largest absolute Gasteiger partial charge is 0.486 e. The molecule has 2 aromatic carbocycles. The standard InChI is InChI=1S/C26H35N3O4.C21H27N3O2.C19H29N3O4/c1-19-14-22(10-11-28(19)17-20-8-6-5-7-9-20)29(25(30)33-26(2,3)4)18-21-15-23-24(16-27-21)32-13-12-31-23;1-16-11-18(7-8-24(16)15-17-5-3-2-4-6-17)22-13-19-12-20-21(14-23-19)26-10-9-25-20;1-13-9-15(5-6-20-13)22(18(23)26-19(2,3)4)12-14-10-16-17(11-21-14)25-8-7-24-16/h5-9,15-16,19,22H,10-14,17-18H2,1-4H3;2-6,12,14,16,18,22H,7-11,13,15H2,1H3;10-11,13,15,20H,5-9,12H2,1-4H3. The van der Waals surface area contributed by atoms with Crippen LogP contribution in [0.15, 0.2) is 97.5 Å². The summed E-state index contributed by atoms with van der Waals surface area (Å²) in [5, 5.41) is 7.10. The van der Waals surface area contributed by atoms with Crippen molar-refractivity contribution in [3.05, 3.63) is 126 Å². The Morgan fingerprint density at radius 2 is 0.965 bits per heavy atom. The second-order valence-corrected chi connectivity index (χ2v) is 25.1. The predicted octanol–water partition coefficient (Wildman–Crippen LogP) is 10.4. The minimum Gasteiger partial charge on any atom is -0.486 e. The van der Waals surface area contributed by atoms with Crippen molar-refractivity contribution in [3.8, 4) is 34.5 Å². The van der Waals surface area contributed by atoms with Crippen LogP contribution >= 0.6 is 0 Å². The summed E-state index contributed by atoms with van der Waals surface area (Å²) in [6, 6.07) is 29.0. The van der Waals surface area contributed by atoms with Gasteiger partial charge in [-0.05, 0) is 119 Å². The SMILES string of the molecule is CC1CC(N(Cc2cc3c(cn2)OCCO3)C(=O)OC(C)(C)C)CCN1.CC1CC(N(Cc2cc3c(cn2)OCCO3)C(=O)OC(C)(C)C)CCN1Cc1ccccc1.CC1CC(NCc2cc3c(cn2)OCCO3)CCN1Cc1ccccc1. The highest BCUT2D eigenvalue weighted by atomic mass is 16.6. The lowest BCUT2D eigenvalue weighted by Crippen LogP contribution is -2.51. The van der Waals surface area contributed by atoms with Crippen LogP contribution in [0.4, 0.5) is 9.59 Å². The molecule has 3 fully saturated rings.